The maximum absolute atomic E-state index is 11.7. The average Bonchev–Trinajstić information content (AvgIpc) is 3.02. The molecule has 0 bridgehead atoms. The second-order valence-electron chi connectivity index (χ2n) is 4.89. The Morgan fingerprint density at radius 2 is 1.91 bits per heavy atom. The number of benzene rings is 2. The Balaban J connectivity index is 1.40. The normalized spacial score (nSPS) is 12.0. The zero-order valence-electron chi connectivity index (χ0n) is 12.1. The Bertz CT molecular complexity index is 642. The molecule has 3 rings (SSSR count). The highest BCUT2D eigenvalue weighted by Gasteiger charge is 2.13. The molecule has 2 aromatic rings. The van der Waals surface area contributed by atoms with Gasteiger partial charge in [-0.2, -0.15) is 0 Å². The van der Waals surface area contributed by atoms with Gasteiger partial charge in [0.05, 0.1) is 0 Å². The van der Waals surface area contributed by atoms with E-state index in [1.807, 2.05) is 48.5 Å². The summed E-state index contributed by atoms with van der Waals surface area (Å²) in [6, 6.07) is 15.1. The predicted molar refractivity (Wildman–Crippen MR) is 81.2 cm³/mol. The molecule has 5 heteroatoms. The summed E-state index contributed by atoms with van der Waals surface area (Å²) in [5.41, 5.74) is 1.09. The van der Waals surface area contributed by atoms with E-state index in [-0.39, 0.29) is 19.3 Å². The first-order chi connectivity index (χ1) is 10.8. The predicted octanol–water partition coefficient (Wildman–Crippen LogP) is 2.15. The lowest BCUT2D eigenvalue weighted by Crippen LogP contribution is -2.30. The highest BCUT2D eigenvalue weighted by Crippen LogP contribution is 2.32. The quantitative estimate of drug-likeness (QED) is 0.888. The van der Waals surface area contributed by atoms with Gasteiger partial charge in [-0.3, -0.25) is 4.79 Å². The fraction of sp³-hybridized carbons (Fsp3) is 0.235. The Kier molecular flexibility index (Phi) is 4.44. The van der Waals surface area contributed by atoms with Gasteiger partial charge in [0.2, 0.25) is 6.79 Å². The van der Waals surface area contributed by atoms with E-state index in [2.05, 4.69) is 5.32 Å². The average molecular weight is 299 g/mol. The molecule has 0 radical (unpaired) electrons. The lowest BCUT2D eigenvalue weighted by Gasteiger charge is -2.08. The molecule has 0 fully saturated rings. The van der Waals surface area contributed by atoms with E-state index in [0.29, 0.717) is 12.3 Å². The third-order valence-corrected chi connectivity index (χ3v) is 3.29. The fourth-order valence-corrected chi connectivity index (χ4v) is 2.16. The molecular weight excluding hydrogens is 282 g/mol. The molecule has 1 aliphatic heterocycles. The molecule has 1 aliphatic rings. The smallest absolute Gasteiger partial charge is 0.257 e. The standard InChI is InChI=1S/C17H17NO4/c19-17(11-20-14-4-2-1-3-5-14)18-9-8-13-6-7-15-16(10-13)22-12-21-15/h1-7,10H,8-9,11-12H2,(H,18,19). The minimum Gasteiger partial charge on any atom is -0.484 e. The van der Waals surface area contributed by atoms with Gasteiger partial charge in [-0.15, -0.1) is 0 Å². The first-order valence-electron chi connectivity index (χ1n) is 7.14. The Morgan fingerprint density at radius 1 is 1.09 bits per heavy atom. The van der Waals surface area contributed by atoms with E-state index in [4.69, 9.17) is 14.2 Å². The molecule has 2 aromatic carbocycles. The number of rotatable bonds is 6. The summed E-state index contributed by atoms with van der Waals surface area (Å²) in [5.74, 6) is 2.08. The molecule has 5 nitrogen and oxygen atoms in total. The maximum atomic E-state index is 11.7. The van der Waals surface area contributed by atoms with E-state index in [1.165, 1.54) is 0 Å². The first-order valence-corrected chi connectivity index (χ1v) is 7.14. The minimum atomic E-state index is -0.135. The van der Waals surface area contributed by atoms with E-state index in [9.17, 15) is 4.79 Å². The first kappa shape index (κ1) is 14.3. The zero-order chi connectivity index (χ0) is 15.2. The molecule has 0 unspecified atom stereocenters. The summed E-state index contributed by atoms with van der Waals surface area (Å²) in [7, 11) is 0. The van der Waals surface area contributed by atoms with Crippen molar-refractivity contribution in [3.05, 3.63) is 54.1 Å². The third kappa shape index (κ3) is 3.69. The van der Waals surface area contributed by atoms with Crippen LogP contribution in [0.3, 0.4) is 0 Å². The summed E-state index contributed by atoms with van der Waals surface area (Å²) >= 11 is 0. The highest BCUT2D eigenvalue weighted by atomic mass is 16.7. The summed E-state index contributed by atoms with van der Waals surface area (Å²) < 4.78 is 16.0. The molecule has 114 valence electrons. The number of hydrogen-bond donors (Lipinski definition) is 1. The van der Waals surface area contributed by atoms with Gasteiger partial charge in [-0.25, -0.2) is 0 Å². The van der Waals surface area contributed by atoms with Crippen LogP contribution in [0.5, 0.6) is 17.2 Å². The molecule has 0 saturated carbocycles. The van der Waals surface area contributed by atoms with E-state index < -0.39 is 0 Å². The summed E-state index contributed by atoms with van der Waals surface area (Å²) in [4.78, 5) is 11.7. The minimum absolute atomic E-state index is 0.0190. The van der Waals surface area contributed by atoms with E-state index in [0.717, 1.165) is 23.5 Å². The molecule has 0 spiro atoms. The third-order valence-electron chi connectivity index (χ3n) is 3.29. The Hall–Kier alpha value is -2.69. The number of amides is 1. The molecule has 1 N–H and O–H groups in total. The van der Waals surface area contributed by atoms with E-state index in [1.54, 1.807) is 0 Å². The number of carbonyl (C=O) groups is 1. The lowest BCUT2D eigenvalue weighted by atomic mass is 10.1. The van der Waals surface area contributed by atoms with Crippen LogP contribution in [-0.4, -0.2) is 25.9 Å². The number of fused-ring (bicyclic) bond motifs is 1. The van der Waals surface area contributed by atoms with Gasteiger partial charge in [0.1, 0.15) is 5.75 Å². The molecule has 0 atom stereocenters. The van der Waals surface area contributed by atoms with E-state index >= 15 is 0 Å². The van der Waals surface area contributed by atoms with Gasteiger partial charge in [-0.05, 0) is 36.2 Å². The van der Waals surface area contributed by atoms with Crippen LogP contribution in [0.2, 0.25) is 0 Å². The largest absolute Gasteiger partial charge is 0.484 e. The molecule has 1 heterocycles. The van der Waals surface area contributed by atoms with Gasteiger partial charge < -0.3 is 19.5 Å². The van der Waals surface area contributed by atoms with Crippen molar-refractivity contribution >= 4 is 5.91 Å². The molecule has 22 heavy (non-hydrogen) atoms. The highest BCUT2D eigenvalue weighted by molar-refractivity contribution is 5.77. The fourth-order valence-electron chi connectivity index (χ4n) is 2.16. The summed E-state index contributed by atoms with van der Waals surface area (Å²) in [5, 5.41) is 2.83. The molecule has 0 saturated heterocycles. The van der Waals surface area contributed by atoms with Crippen LogP contribution in [-0.2, 0) is 11.2 Å². The zero-order valence-corrected chi connectivity index (χ0v) is 12.1. The number of para-hydroxylation sites is 1. The monoisotopic (exact) mass is 299 g/mol. The Labute approximate surface area is 128 Å². The van der Waals surface area contributed by atoms with Crippen molar-refractivity contribution in [2.75, 3.05) is 19.9 Å². The summed E-state index contributed by atoms with van der Waals surface area (Å²) in [6.07, 6.45) is 0.730. The van der Waals surface area contributed by atoms with Crippen LogP contribution in [0.1, 0.15) is 5.56 Å². The topological polar surface area (TPSA) is 56.8 Å². The lowest BCUT2D eigenvalue weighted by molar-refractivity contribution is -0.123. The van der Waals surface area contributed by atoms with Crippen LogP contribution in [0.4, 0.5) is 0 Å². The Morgan fingerprint density at radius 3 is 2.77 bits per heavy atom. The molecular formula is C17H17NO4. The second kappa shape index (κ2) is 6.85. The van der Waals surface area contributed by atoms with Crippen molar-refractivity contribution in [2.45, 2.75) is 6.42 Å². The van der Waals surface area contributed by atoms with Crippen LogP contribution in [0.25, 0.3) is 0 Å². The van der Waals surface area contributed by atoms with Gasteiger partial charge in [0.15, 0.2) is 18.1 Å². The van der Waals surface area contributed by atoms with Crippen molar-refractivity contribution in [2.24, 2.45) is 0 Å². The van der Waals surface area contributed by atoms with Crippen molar-refractivity contribution in [1.82, 2.24) is 5.32 Å². The van der Waals surface area contributed by atoms with Crippen molar-refractivity contribution in [1.29, 1.82) is 0 Å². The van der Waals surface area contributed by atoms with Crippen molar-refractivity contribution < 1.29 is 19.0 Å². The SMILES string of the molecule is O=C(COc1ccccc1)NCCc1ccc2c(c1)OCO2. The maximum Gasteiger partial charge on any atom is 0.257 e. The molecule has 1 amide bonds. The van der Waals surface area contributed by atoms with Gasteiger partial charge in [0, 0.05) is 6.54 Å². The number of carbonyl (C=O) groups excluding carboxylic acids is 1. The van der Waals surface area contributed by atoms with Gasteiger partial charge in [0.25, 0.3) is 5.91 Å². The summed E-state index contributed by atoms with van der Waals surface area (Å²) in [6.45, 7) is 0.841. The van der Waals surface area contributed by atoms with Gasteiger partial charge in [-0.1, -0.05) is 24.3 Å². The van der Waals surface area contributed by atoms with Crippen LogP contribution in [0.15, 0.2) is 48.5 Å². The number of nitrogens with one attached hydrogen (secondary N) is 1. The number of hydrogen-bond acceptors (Lipinski definition) is 4. The van der Waals surface area contributed by atoms with Crippen molar-refractivity contribution in [3.8, 4) is 17.2 Å². The molecule has 0 aromatic heterocycles. The van der Waals surface area contributed by atoms with Crippen LogP contribution in [0, 0.1) is 0 Å². The van der Waals surface area contributed by atoms with Crippen LogP contribution < -0.4 is 19.5 Å². The molecule has 0 aliphatic carbocycles. The second-order valence-corrected chi connectivity index (χ2v) is 4.89. The van der Waals surface area contributed by atoms with Crippen molar-refractivity contribution in [3.63, 3.8) is 0 Å². The number of ether oxygens (including phenoxy) is 3. The van der Waals surface area contributed by atoms with Gasteiger partial charge >= 0.3 is 0 Å². The van der Waals surface area contributed by atoms with Crippen LogP contribution >= 0.6 is 0 Å².